The zero-order chi connectivity index (χ0) is 21.5. The van der Waals surface area contributed by atoms with Gasteiger partial charge in [0.1, 0.15) is 11.8 Å². The Morgan fingerprint density at radius 1 is 1.13 bits per heavy atom. The van der Waals surface area contributed by atoms with E-state index in [0.29, 0.717) is 17.3 Å². The van der Waals surface area contributed by atoms with Crippen molar-refractivity contribution < 1.29 is 14.3 Å². The van der Waals surface area contributed by atoms with Crippen LogP contribution in [0.1, 0.15) is 43.7 Å². The molecular formula is C24H29ClN2O3. The van der Waals surface area contributed by atoms with E-state index in [9.17, 15) is 9.59 Å². The van der Waals surface area contributed by atoms with Crippen LogP contribution in [0.25, 0.3) is 0 Å². The molecule has 0 radical (unpaired) electrons. The summed E-state index contributed by atoms with van der Waals surface area (Å²) in [4.78, 5) is 27.5. The molecule has 1 N–H and O–H groups in total. The third kappa shape index (κ3) is 5.99. The van der Waals surface area contributed by atoms with E-state index in [1.807, 2.05) is 43.3 Å². The molecule has 6 heteroatoms. The number of carbonyl (C=O) groups excluding carboxylic acids is 2. The summed E-state index contributed by atoms with van der Waals surface area (Å²) in [7, 11) is 0. The summed E-state index contributed by atoms with van der Waals surface area (Å²) in [5.74, 6) is 0.308. The fourth-order valence-corrected chi connectivity index (χ4v) is 3.83. The number of rotatable bonds is 8. The van der Waals surface area contributed by atoms with Crippen molar-refractivity contribution in [2.24, 2.45) is 0 Å². The van der Waals surface area contributed by atoms with Crippen LogP contribution in [0.2, 0.25) is 5.02 Å². The summed E-state index contributed by atoms with van der Waals surface area (Å²) in [5.41, 5.74) is 1.87. The topological polar surface area (TPSA) is 58.6 Å². The van der Waals surface area contributed by atoms with E-state index >= 15 is 0 Å². The zero-order valence-electron chi connectivity index (χ0n) is 17.6. The maximum atomic E-state index is 13.1. The van der Waals surface area contributed by atoms with E-state index in [1.54, 1.807) is 24.0 Å². The zero-order valence-corrected chi connectivity index (χ0v) is 18.3. The fraction of sp³-hybridized carbons (Fsp3) is 0.417. The van der Waals surface area contributed by atoms with Crippen molar-refractivity contribution in [3.8, 4) is 5.75 Å². The Labute approximate surface area is 183 Å². The van der Waals surface area contributed by atoms with E-state index < -0.39 is 6.04 Å². The standard InChI is InChI=1S/C24H29ClN2O3/c1-17-7-3-6-10-22(17)30-16-23(28)27(15-19-11-13-20(25)14-12-19)18(2)24(29)26-21-8-4-5-9-21/h3,6-7,10-14,18,21H,4-5,8-9,15-16H2,1-2H3,(H,26,29). The molecule has 0 saturated heterocycles. The lowest BCUT2D eigenvalue weighted by atomic mass is 10.1. The van der Waals surface area contributed by atoms with Crippen LogP contribution >= 0.6 is 11.6 Å². The smallest absolute Gasteiger partial charge is 0.261 e. The van der Waals surface area contributed by atoms with E-state index in [0.717, 1.165) is 36.8 Å². The quantitative estimate of drug-likeness (QED) is 0.673. The van der Waals surface area contributed by atoms with Crippen molar-refractivity contribution in [2.45, 2.75) is 58.2 Å². The van der Waals surface area contributed by atoms with Gasteiger partial charge < -0.3 is 15.0 Å². The molecule has 2 aromatic rings. The maximum absolute atomic E-state index is 13.1. The van der Waals surface area contributed by atoms with Crippen molar-refractivity contribution >= 4 is 23.4 Å². The molecule has 1 aliphatic carbocycles. The number of hydrogen-bond donors (Lipinski definition) is 1. The first kappa shape index (κ1) is 22.2. The lowest BCUT2D eigenvalue weighted by Crippen LogP contribution is -2.50. The number of benzene rings is 2. The van der Waals surface area contributed by atoms with Gasteiger partial charge in [-0.15, -0.1) is 0 Å². The number of amides is 2. The minimum absolute atomic E-state index is 0.125. The van der Waals surface area contributed by atoms with Gasteiger partial charge in [-0.25, -0.2) is 0 Å². The third-order valence-corrected chi connectivity index (χ3v) is 5.83. The normalized spacial score (nSPS) is 14.9. The van der Waals surface area contributed by atoms with Crippen molar-refractivity contribution in [1.29, 1.82) is 0 Å². The van der Waals surface area contributed by atoms with Crippen LogP contribution < -0.4 is 10.1 Å². The van der Waals surface area contributed by atoms with Crippen molar-refractivity contribution in [3.63, 3.8) is 0 Å². The maximum Gasteiger partial charge on any atom is 0.261 e. The Balaban J connectivity index is 1.71. The number of ether oxygens (including phenoxy) is 1. The molecule has 160 valence electrons. The molecule has 0 bridgehead atoms. The number of carbonyl (C=O) groups is 2. The van der Waals surface area contributed by atoms with Gasteiger partial charge >= 0.3 is 0 Å². The highest BCUT2D eigenvalue weighted by molar-refractivity contribution is 6.30. The molecule has 2 amide bonds. The number of nitrogens with one attached hydrogen (secondary N) is 1. The second-order valence-electron chi connectivity index (χ2n) is 7.87. The van der Waals surface area contributed by atoms with Gasteiger partial charge in [0.25, 0.3) is 5.91 Å². The highest BCUT2D eigenvalue weighted by atomic mass is 35.5. The van der Waals surface area contributed by atoms with E-state index in [1.165, 1.54) is 0 Å². The fourth-order valence-electron chi connectivity index (χ4n) is 3.70. The van der Waals surface area contributed by atoms with E-state index in [2.05, 4.69) is 5.32 Å². The first-order valence-electron chi connectivity index (χ1n) is 10.5. The van der Waals surface area contributed by atoms with Crippen molar-refractivity contribution in [3.05, 3.63) is 64.7 Å². The Morgan fingerprint density at radius 2 is 1.80 bits per heavy atom. The second kappa shape index (κ2) is 10.5. The van der Waals surface area contributed by atoms with Crippen LogP contribution in [0.15, 0.2) is 48.5 Å². The van der Waals surface area contributed by atoms with Gasteiger partial charge in [0.15, 0.2) is 6.61 Å². The van der Waals surface area contributed by atoms with Crippen LogP contribution in [-0.2, 0) is 16.1 Å². The molecule has 1 unspecified atom stereocenters. The lowest BCUT2D eigenvalue weighted by molar-refractivity contribution is -0.142. The highest BCUT2D eigenvalue weighted by Gasteiger charge is 2.28. The minimum atomic E-state index is -0.603. The SMILES string of the molecule is Cc1ccccc1OCC(=O)N(Cc1ccc(Cl)cc1)C(C)C(=O)NC1CCCC1. The number of hydrogen-bond acceptors (Lipinski definition) is 3. The summed E-state index contributed by atoms with van der Waals surface area (Å²) < 4.78 is 5.76. The number of nitrogens with zero attached hydrogens (tertiary/aromatic N) is 1. The van der Waals surface area contributed by atoms with E-state index in [4.69, 9.17) is 16.3 Å². The van der Waals surface area contributed by atoms with Gasteiger partial charge in [-0.3, -0.25) is 9.59 Å². The molecule has 1 atom stereocenters. The molecule has 1 aliphatic rings. The van der Waals surface area contributed by atoms with Gasteiger partial charge in [0.05, 0.1) is 0 Å². The average Bonchev–Trinajstić information content (AvgIpc) is 3.25. The van der Waals surface area contributed by atoms with Gasteiger partial charge in [0.2, 0.25) is 5.91 Å². The van der Waals surface area contributed by atoms with Crippen molar-refractivity contribution in [1.82, 2.24) is 10.2 Å². The van der Waals surface area contributed by atoms with Gasteiger partial charge in [-0.2, -0.15) is 0 Å². The van der Waals surface area contributed by atoms with Gasteiger partial charge in [0, 0.05) is 17.6 Å². The predicted molar refractivity (Wildman–Crippen MR) is 119 cm³/mol. The first-order chi connectivity index (χ1) is 14.4. The van der Waals surface area contributed by atoms with E-state index in [-0.39, 0.29) is 24.5 Å². The molecule has 5 nitrogen and oxygen atoms in total. The van der Waals surface area contributed by atoms with Crippen LogP contribution in [0.4, 0.5) is 0 Å². The van der Waals surface area contributed by atoms with Crippen LogP contribution in [0, 0.1) is 6.92 Å². The van der Waals surface area contributed by atoms with Crippen LogP contribution in [0.5, 0.6) is 5.75 Å². The number of aryl methyl sites for hydroxylation is 1. The van der Waals surface area contributed by atoms with Crippen LogP contribution in [-0.4, -0.2) is 35.4 Å². The Morgan fingerprint density at radius 3 is 2.47 bits per heavy atom. The Hall–Kier alpha value is -2.53. The molecule has 0 spiro atoms. The van der Waals surface area contributed by atoms with Gasteiger partial charge in [-0.1, -0.05) is 54.8 Å². The molecule has 0 aliphatic heterocycles. The summed E-state index contributed by atoms with van der Waals surface area (Å²) in [6.45, 7) is 3.89. The molecule has 1 fully saturated rings. The third-order valence-electron chi connectivity index (χ3n) is 5.58. The largest absolute Gasteiger partial charge is 0.484 e. The molecule has 30 heavy (non-hydrogen) atoms. The van der Waals surface area contributed by atoms with Gasteiger partial charge in [-0.05, 0) is 56.0 Å². The lowest BCUT2D eigenvalue weighted by Gasteiger charge is -2.29. The Bertz CT molecular complexity index is 863. The second-order valence-corrected chi connectivity index (χ2v) is 8.30. The molecule has 0 aromatic heterocycles. The molecular weight excluding hydrogens is 400 g/mol. The average molecular weight is 429 g/mol. The number of halogens is 1. The molecule has 1 saturated carbocycles. The summed E-state index contributed by atoms with van der Waals surface area (Å²) in [6.07, 6.45) is 4.27. The molecule has 3 rings (SSSR count). The molecule has 2 aromatic carbocycles. The minimum Gasteiger partial charge on any atom is -0.484 e. The van der Waals surface area contributed by atoms with Crippen molar-refractivity contribution in [2.75, 3.05) is 6.61 Å². The van der Waals surface area contributed by atoms with Crippen LogP contribution in [0.3, 0.4) is 0 Å². The summed E-state index contributed by atoms with van der Waals surface area (Å²) in [6, 6.07) is 14.5. The predicted octanol–water partition coefficient (Wildman–Crippen LogP) is 4.50. The Kier molecular flexibility index (Phi) is 7.75. The summed E-state index contributed by atoms with van der Waals surface area (Å²) >= 11 is 5.99. The first-order valence-corrected chi connectivity index (χ1v) is 10.8. The summed E-state index contributed by atoms with van der Waals surface area (Å²) in [5, 5.41) is 3.73. The number of para-hydroxylation sites is 1. The monoisotopic (exact) mass is 428 g/mol. The highest BCUT2D eigenvalue weighted by Crippen LogP contribution is 2.20. The molecule has 0 heterocycles.